The summed E-state index contributed by atoms with van der Waals surface area (Å²) in [6, 6.07) is -0.127. The minimum atomic E-state index is -0.354. The van der Waals surface area contributed by atoms with Crippen molar-refractivity contribution in [2.75, 3.05) is 45.7 Å². The molecule has 0 bridgehead atoms. The lowest BCUT2D eigenvalue weighted by Crippen LogP contribution is -2.48. The van der Waals surface area contributed by atoms with Crippen LogP contribution >= 0.6 is 11.3 Å². The van der Waals surface area contributed by atoms with Crippen molar-refractivity contribution in [3.8, 4) is 0 Å². The van der Waals surface area contributed by atoms with Crippen molar-refractivity contribution in [3.63, 3.8) is 0 Å². The number of fused-ring (bicyclic) bond motifs is 1. The van der Waals surface area contributed by atoms with E-state index in [9.17, 15) is 9.59 Å². The summed E-state index contributed by atoms with van der Waals surface area (Å²) >= 11 is 1.52. The molecular weight excluding hydrogens is 302 g/mol. The van der Waals surface area contributed by atoms with Gasteiger partial charge in [0, 0.05) is 31.1 Å². The van der Waals surface area contributed by atoms with Crippen molar-refractivity contribution in [3.05, 3.63) is 16.0 Å². The van der Waals surface area contributed by atoms with Gasteiger partial charge in [-0.05, 0) is 31.9 Å². The largest absolute Gasteiger partial charge is 0.465 e. The van der Waals surface area contributed by atoms with Gasteiger partial charge in [0.1, 0.15) is 5.00 Å². The summed E-state index contributed by atoms with van der Waals surface area (Å²) in [5.74, 6) is -0.354. The molecule has 2 amide bonds. The minimum absolute atomic E-state index is 0.127. The van der Waals surface area contributed by atoms with E-state index in [0.29, 0.717) is 23.7 Å². The average molecular weight is 323 g/mol. The van der Waals surface area contributed by atoms with Gasteiger partial charge in [-0.1, -0.05) is 0 Å². The fraction of sp³-hybridized carbons (Fsp3) is 0.600. The van der Waals surface area contributed by atoms with E-state index in [1.165, 1.54) is 23.3 Å². The number of esters is 1. The van der Waals surface area contributed by atoms with Crippen LogP contribution in [0.3, 0.4) is 0 Å². The van der Waals surface area contributed by atoms with Crippen LogP contribution in [-0.4, -0.2) is 62.1 Å². The van der Waals surface area contributed by atoms with E-state index in [2.05, 4.69) is 17.3 Å². The van der Waals surface area contributed by atoms with Gasteiger partial charge in [0.05, 0.1) is 12.7 Å². The van der Waals surface area contributed by atoms with Crippen molar-refractivity contribution in [2.45, 2.75) is 19.3 Å². The molecule has 120 valence electrons. The summed E-state index contributed by atoms with van der Waals surface area (Å²) in [7, 11) is 3.43. The van der Waals surface area contributed by atoms with Gasteiger partial charge in [-0.2, -0.15) is 0 Å². The average Bonchev–Trinajstić information content (AvgIpc) is 3.07. The molecule has 0 radical (unpaired) electrons. The number of carbonyl (C=O) groups is 2. The van der Waals surface area contributed by atoms with Crippen molar-refractivity contribution in [1.82, 2.24) is 9.80 Å². The van der Waals surface area contributed by atoms with E-state index in [0.717, 1.165) is 37.9 Å². The molecule has 1 aliphatic carbocycles. The first-order valence-corrected chi connectivity index (χ1v) is 8.39. The van der Waals surface area contributed by atoms with Crippen LogP contribution in [0.1, 0.15) is 27.2 Å². The summed E-state index contributed by atoms with van der Waals surface area (Å²) in [5, 5.41) is 3.57. The van der Waals surface area contributed by atoms with Gasteiger partial charge in [0.25, 0.3) is 0 Å². The zero-order valence-electron chi connectivity index (χ0n) is 13.0. The van der Waals surface area contributed by atoms with Crippen LogP contribution < -0.4 is 5.32 Å². The molecule has 0 aromatic carbocycles. The number of hydrogen-bond donors (Lipinski definition) is 1. The number of nitrogens with one attached hydrogen (secondary N) is 1. The van der Waals surface area contributed by atoms with E-state index >= 15 is 0 Å². The SMILES string of the molecule is COC(=O)c1c(NC(=O)N2CCN(C)CC2)sc2c1CCC2. The highest BCUT2D eigenvalue weighted by molar-refractivity contribution is 7.17. The molecule has 0 atom stereocenters. The Hall–Kier alpha value is -1.60. The number of carbonyl (C=O) groups excluding carboxylic acids is 2. The summed E-state index contributed by atoms with van der Waals surface area (Å²) in [4.78, 5) is 29.7. The van der Waals surface area contributed by atoms with E-state index in [4.69, 9.17) is 4.74 Å². The smallest absolute Gasteiger partial charge is 0.341 e. The van der Waals surface area contributed by atoms with Gasteiger partial charge < -0.3 is 14.5 Å². The molecule has 1 aromatic rings. The van der Waals surface area contributed by atoms with Gasteiger partial charge in [0.2, 0.25) is 0 Å². The molecule has 0 spiro atoms. The lowest BCUT2D eigenvalue weighted by molar-refractivity contribution is 0.0601. The second kappa shape index (κ2) is 6.26. The van der Waals surface area contributed by atoms with Crippen LogP contribution in [0.4, 0.5) is 9.80 Å². The van der Waals surface area contributed by atoms with Gasteiger partial charge >= 0.3 is 12.0 Å². The monoisotopic (exact) mass is 323 g/mol. The van der Waals surface area contributed by atoms with Crippen molar-refractivity contribution in [1.29, 1.82) is 0 Å². The molecule has 1 fully saturated rings. The highest BCUT2D eigenvalue weighted by atomic mass is 32.1. The van der Waals surface area contributed by atoms with Gasteiger partial charge in [-0.3, -0.25) is 5.32 Å². The Morgan fingerprint density at radius 2 is 1.91 bits per heavy atom. The van der Waals surface area contributed by atoms with E-state index in [1.54, 1.807) is 4.90 Å². The third kappa shape index (κ3) is 2.83. The Bertz CT molecular complexity index is 591. The molecule has 0 unspecified atom stereocenters. The Morgan fingerprint density at radius 1 is 1.18 bits per heavy atom. The molecule has 3 rings (SSSR count). The van der Waals surface area contributed by atoms with Gasteiger partial charge in [-0.15, -0.1) is 11.3 Å². The number of rotatable bonds is 2. The van der Waals surface area contributed by atoms with E-state index in [-0.39, 0.29) is 12.0 Å². The standard InChI is InChI=1S/C15H21N3O3S/c1-17-6-8-18(9-7-17)15(20)16-13-12(14(19)21-2)10-4-3-5-11(10)22-13/h3-9H2,1-2H3,(H,16,20). The maximum Gasteiger partial charge on any atom is 0.341 e. The van der Waals surface area contributed by atoms with Gasteiger partial charge in [-0.25, -0.2) is 9.59 Å². The fourth-order valence-corrected chi connectivity index (χ4v) is 4.26. The number of nitrogens with zero attached hydrogens (tertiary/aromatic N) is 2. The minimum Gasteiger partial charge on any atom is -0.465 e. The second-order valence-corrected chi connectivity index (χ2v) is 6.88. The predicted octanol–water partition coefficient (Wildman–Crippen LogP) is 1.80. The van der Waals surface area contributed by atoms with Crippen LogP contribution in [0.5, 0.6) is 0 Å². The maximum atomic E-state index is 12.4. The van der Waals surface area contributed by atoms with Crippen LogP contribution in [0.2, 0.25) is 0 Å². The first-order chi connectivity index (χ1) is 10.6. The fourth-order valence-electron chi connectivity index (χ4n) is 3.00. The third-order valence-corrected chi connectivity index (χ3v) is 5.53. The Morgan fingerprint density at radius 3 is 2.59 bits per heavy atom. The van der Waals surface area contributed by atoms with Gasteiger partial charge in [0.15, 0.2) is 0 Å². The molecule has 0 saturated carbocycles. The molecule has 2 aliphatic rings. The number of likely N-dealkylation sites (N-methyl/N-ethyl adjacent to an activating group) is 1. The number of amides is 2. The molecule has 6 nitrogen and oxygen atoms in total. The Balaban J connectivity index is 1.77. The van der Waals surface area contributed by atoms with E-state index < -0.39 is 0 Å². The molecule has 1 saturated heterocycles. The van der Waals surface area contributed by atoms with Crippen molar-refractivity contribution >= 4 is 28.3 Å². The van der Waals surface area contributed by atoms with E-state index in [1.807, 2.05) is 0 Å². The molecule has 1 aromatic heterocycles. The lowest BCUT2D eigenvalue weighted by atomic mass is 10.1. The van der Waals surface area contributed by atoms with Crippen LogP contribution in [0, 0.1) is 0 Å². The zero-order valence-corrected chi connectivity index (χ0v) is 13.8. The molecule has 2 heterocycles. The quantitative estimate of drug-likeness (QED) is 0.843. The summed E-state index contributed by atoms with van der Waals surface area (Å²) in [6.45, 7) is 3.17. The molecule has 22 heavy (non-hydrogen) atoms. The van der Waals surface area contributed by atoms with Crippen LogP contribution in [0.25, 0.3) is 0 Å². The number of anilines is 1. The van der Waals surface area contributed by atoms with Crippen LogP contribution in [-0.2, 0) is 17.6 Å². The number of hydrogen-bond acceptors (Lipinski definition) is 5. The highest BCUT2D eigenvalue weighted by Gasteiger charge is 2.29. The number of aryl methyl sites for hydroxylation is 1. The number of ether oxygens (including phenoxy) is 1. The molecule has 1 aliphatic heterocycles. The number of urea groups is 1. The lowest BCUT2D eigenvalue weighted by Gasteiger charge is -2.32. The zero-order chi connectivity index (χ0) is 15.7. The molecule has 7 heteroatoms. The van der Waals surface area contributed by atoms with Crippen LogP contribution in [0.15, 0.2) is 0 Å². The van der Waals surface area contributed by atoms with Crippen molar-refractivity contribution in [2.24, 2.45) is 0 Å². The highest BCUT2D eigenvalue weighted by Crippen LogP contribution is 2.39. The Kier molecular flexibility index (Phi) is 4.35. The van der Waals surface area contributed by atoms with Crippen molar-refractivity contribution < 1.29 is 14.3 Å². The first kappa shape index (κ1) is 15.3. The summed E-state index contributed by atoms with van der Waals surface area (Å²) in [5.41, 5.74) is 1.62. The predicted molar refractivity (Wildman–Crippen MR) is 85.8 cm³/mol. The Labute approximate surface area is 134 Å². The third-order valence-electron chi connectivity index (χ3n) is 4.32. The molecular formula is C15H21N3O3S. The summed E-state index contributed by atoms with van der Waals surface area (Å²) < 4.78 is 4.90. The normalized spacial score (nSPS) is 18.2. The summed E-state index contributed by atoms with van der Waals surface area (Å²) in [6.07, 6.45) is 2.94. The number of methoxy groups -OCH3 is 1. The first-order valence-electron chi connectivity index (χ1n) is 7.57. The second-order valence-electron chi connectivity index (χ2n) is 5.77. The maximum absolute atomic E-state index is 12.4. The molecule has 1 N–H and O–H groups in total. The topological polar surface area (TPSA) is 61.9 Å². The number of thiophene rings is 1. The number of piperazine rings is 1.